The van der Waals surface area contributed by atoms with E-state index in [2.05, 4.69) is 17.1 Å². The predicted molar refractivity (Wildman–Crippen MR) is 76.9 cm³/mol. The predicted octanol–water partition coefficient (Wildman–Crippen LogP) is 2.56. The molecule has 3 heteroatoms. The normalized spacial score (nSPS) is 31.2. The molecular formula is C16H28N2O. The number of hydrogen-bond donors (Lipinski definition) is 1. The summed E-state index contributed by atoms with van der Waals surface area (Å²) in [5.41, 5.74) is 0. The van der Waals surface area contributed by atoms with Crippen LogP contribution in [0.2, 0.25) is 0 Å². The van der Waals surface area contributed by atoms with Crippen LogP contribution < -0.4 is 5.32 Å². The van der Waals surface area contributed by atoms with Gasteiger partial charge in [-0.25, -0.2) is 0 Å². The third-order valence-corrected chi connectivity index (χ3v) is 5.01. The van der Waals surface area contributed by atoms with E-state index in [-0.39, 0.29) is 0 Å². The minimum Gasteiger partial charge on any atom is -0.336 e. The lowest BCUT2D eigenvalue weighted by atomic mass is 9.86. The van der Waals surface area contributed by atoms with Gasteiger partial charge in [0.05, 0.1) is 6.54 Å². The standard InChI is InChI=1S/C16H28N2O/c1-12-2-6-14(7-3-12)18(15-8-9-15)16(19)11-17-10-13-4-5-13/h12-15,17H,2-11H2,1H3. The number of amides is 1. The smallest absolute Gasteiger partial charge is 0.237 e. The Hall–Kier alpha value is -0.570. The summed E-state index contributed by atoms with van der Waals surface area (Å²) in [5, 5.41) is 3.37. The van der Waals surface area contributed by atoms with Crippen LogP contribution in [-0.2, 0) is 4.79 Å². The van der Waals surface area contributed by atoms with Crippen molar-refractivity contribution >= 4 is 5.91 Å². The maximum Gasteiger partial charge on any atom is 0.237 e. The molecule has 3 saturated carbocycles. The molecule has 0 aliphatic heterocycles. The summed E-state index contributed by atoms with van der Waals surface area (Å²) in [6.45, 7) is 3.96. The van der Waals surface area contributed by atoms with Gasteiger partial charge in [0.1, 0.15) is 0 Å². The molecule has 0 aromatic rings. The highest BCUT2D eigenvalue weighted by Crippen LogP contribution is 2.35. The number of carbonyl (C=O) groups excluding carboxylic acids is 1. The van der Waals surface area contributed by atoms with E-state index in [0.717, 1.165) is 18.4 Å². The first-order valence-electron chi connectivity index (χ1n) is 8.26. The largest absolute Gasteiger partial charge is 0.336 e. The molecule has 108 valence electrons. The Balaban J connectivity index is 1.49. The maximum absolute atomic E-state index is 12.5. The van der Waals surface area contributed by atoms with Gasteiger partial charge in [-0.15, -0.1) is 0 Å². The average Bonchev–Trinajstić information content (AvgIpc) is 3.25. The highest BCUT2D eigenvalue weighted by molar-refractivity contribution is 5.79. The van der Waals surface area contributed by atoms with E-state index in [1.807, 2.05) is 0 Å². The fourth-order valence-corrected chi connectivity index (χ4v) is 3.38. The number of rotatable bonds is 6. The summed E-state index contributed by atoms with van der Waals surface area (Å²) >= 11 is 0. The highest BCUT2D eigenvalue weighted by Gasteiger charge is 2.38. The fourth-order valence-electron chi connectivity index (χ4n) is 3.38. The van der Waals surface area contributed by atoms with Crippen molar-refractivity contribution in [2.45, 2.75) is 70.4 Å². The Kier molecular flexibility index (Phi) is 4.11. The first kappa shape index (κ1) is 13.4. The van der Waals surface area contributed by atoms with E-state index in [1.54, 1.807) is 0 Å². The monoisotopic (exact) mass is 264 g/mol. The van der Waals surface area contributed by atoms with E-state index in [1.165, 1.54) is 51.4 Å². The minimum atomic E-state index is 0.364. The molecule has 0 spiro atoms. The summed E-state index contributed by atoms with van der Waals surface area (Å²) in [4.78, 5) is 14.7. The molecule has 0 radical (unpaired) electrons. The molecule has 19 heavy (non-hydrogen) atoms. The van der Waals surface area contributed by atoms with Crippen LogP contribution >= 0.6 is 0 Å². The van der Waals surface area contributed by atoms with Crippen molar-refractivity contribution in [3.8, 4) is 0 Å². The van der Waals surface area contributed by atoms with Crippen molar-refractivity contribution < 1.29 is 4.79 Å². The summed E-state index contributed by atoms with van der Waals surface area (Å²) < 4.78 is 0. The number of nitrogens with one attached hydrogen (secondary N) is 1. The average molecular weight is 264 g/mol. The SMILES string of the molecule is CC1CCC(N(C(=O)CNCC2CC2)C2CC2)CC1. The number of hydrogen-bond acceptors (Lipinski definition) is 2. The van der Waals surface area contributed by atoms with Gasteiger partial charge in [-0.1, -0.05) is 6.92 Å². The van der Waals surface area contributed by atoms with Crippen molar-refractivity contribution in [2.24, 2.45) is 11.8 Å². The molecule has 0 bridgehead atoms. The minimum absolute atomic E-state index is 0.364. The van der Waals surface area contributed by atoms with Gasteiger partial charge in [0.15, 0.2) is 0 Å². The number of nitrogens with zero attached hydrogens (tertiary/aromatic N) is 1. The van der Waals surface area contributed by atoms with Crippen molar-refractivity contribution in [3.63, 3.8) is 0 Å². The zero-order valence-corrected chi connectivity index (χ0v) is 12.2. The molecule has 0 unspecified atom stereocenters. The lowest BCUT2D eigenvalue weighted by Crippen LogP contribution is -2.47. The first-order valence-corrected chi connectivity index (χ1v) is 8.26. The van der Waals surface area contributed by atoms with E-state index in [4.69, 9.17) is 0 Å². The van der Waals surface area contributed by atoms with Crippen LogP contribution in [0.25, 0.3) is 0 Å². The molecule has 3 nitrogen and oxygen atoms in total. The van der Waals surface area contributed by atoms with E-state index in [0.29, 0.717) is 24.5 Å². The molecule has 1 N–H and O–H groups in total. The second-order valence-electron chi connectivity index (χ2n) is 7.02. The highest BCUT2D eigenvalue weighted by atomic mass is 16.2. The van der Waals surface area contributed by atoms with Gasteiger partial charge >= 0.3 is 0 Å². The summed E-state index contributed by atoms with van der Waals surface area (Å²) in [6.07, 6.45) is 10.2. The fraction of sp³-hybridized carbons (Fsp3) is 0.938. The zero-order valence-electron chi connectivity index (χ0n) is 12.2. The topological polar surface area (TPSA) is 32.3 Å². The van der Waals surface area contributed by atoms with Crippen molar-refractivity contribution in [1.82, 2.24) is 10.2 Å². The van der Waals surface area contributed by atoms with Crippen LogP contribution in [-0.4, -0.2) is 36.0 Å². The first-order chi connectivity index (χ1) is 9.24. The second-order valence-corrected chi connectivity index (χ2v) is 7.02. The van der Waals surface area contributed by atoms with Gasteiger partial charge in [-0.05, 0) is 69.7 Å². The molecule has 0 aromatic carbocycles. The van der Waals surface area contributed by atoms with E-state index >= 15 is 0 Å². The Labute approximate surface area is 117 Å². The van der Waals surface area contributed by atoms with Gasteiger partial charge in [0.2, 0.25) is 5.91 Å². The zero-order chi connectivity index (χ0) is 13.2. The molecular weight excluding hydrogens is 236 g/mol. The van der Waals surface area contributed by atoms with Gasteiger partial charge in [-0.2, -0.15) is 0 Å². The Morgan fingerprint density at radius 1 is 1.00 bits per heavy atom. The van der Waals surface area contributed by atoms with E-state index < -0.39 is 0 Å². The lowest BCUT2D eigenvalue weighted by Gasteiger charge is -2.36. The Morgan fingerprint density at radius 2 is 1.58 bits per heavy atom. The Morgan fingerprint density at radius 3 is 2.11 bits per heavy atom. The third-order valence-electron chi connectivity index (χ3n) is 5.01. The summed E-state index contributed by atoms with van der Waals surface area (Å²) in [6, 6.07) is 1.12. The van der Waals surface area contributed by atoms with Gasteiger partial charge in [-0.3, -0.25) is 4.79 Å². The van der Waals surface area contributed by atoms with Crippen LogP contribution in [0.3, 0.4) is 0 Å². The molecule has 0 heterocycles. The maximum atomic E-state index is 12.5. The van der Waals surface area contributed by atoms with Crippen LogP contribution in [0.15, 0.2) is 0 Å². The third kappa shape index (κ3) is 3.71. The quantitative estimate of drug-likeness (QED) is 0.799. The molecule has 1 amide bonds. The van der Waals surface area contributed by atoms with Crippen molar-refractivity contribution in [1.29, 1.82) is 0 Å². The molecule has 0 aromatic heterocycles. The lowest BCUT2D eigenvalue weighted by molar-refractivity contribution is -0.134. The summed E-state index contributed by atoms with van der Waals surface area (Å²) in [7, 11) is 0. The van der Waals surface area contributed by atoms with Crippen LogP contribution in [0, 0.1) is 11.8 Å². The molecule has 3 rings (SSSR count). The molecule has 0 saturated heterocycles. The van der Waals surface area contributed by atoms with Crippen molar-refractivity contribution in [3.05, 3.63) is 0 Å². The molecule has 3 aliphatic carbocycles. The van der Waals surface area contributed by atoms with Crippen LogP contribution in [0.1, 0.15) is 58.3 Å². The van der Waals surface area contributed by atoms with Gasteiger partial charge < -0.3 is 10.2 Å². The van der Waals surface area contributed by atoms with Crippen molar-refractivity contribution in [2.75, 3.05) is 13.1 Å². The molecule has 3 fully saturated rings. The molecule has 0 atom stereocenters. The van der Waals surface area contributed by atoms with Gasteiger partial charge in [0.25, 0.3) is 0 Å². The second kappa shape index (κ2) is 5.82. The van der Waals surface area contributed by atoms with Gasteiger partial charge in [0, 0.05) is 12.1 Å². The molecule has 3 aliphatic rings. The summed E-state index contributed by atoms with van der Waals surface area (Å²) in [5.74, 6) is 2.08. The number of carbonyl (C=O) groups is 1. The van der Waals surface area contributed by atoms with E-state index in [9.17, 15) is 4.79 Å². The Bertz CT molecular complexity index is 315. The van der Waals surface area contributed by atoms with Crippen LogP contribution in [0.5, 0.6) is 0 Å². The van der Waals surface area contributed by atoms with Crippen LogP contribution in [0.4, 0.5) is 0 Å².